The molecule has 0 unspecified atom stereocenters. The number of nitrogens with one attached hydrogen (secondary N) is 1. The molecule has 17 heteroatoms. The van der Waals surface area contributed by atoms with Gasteiger partial charge in [0, 0.05) is 125 Å². The van der Waals surface area contributed by atoms with Gasteiger partial charge in [-0.1, -0.05) is 6.07 Å². The molecule has 15 nitrogen and oxygen atoms in total. The maximum absolute atomic E-state index is 14.9. The number of benzene rings is 1. The number of urea groups is 1. The fourth-order valence-corrected chi connectivity index (χ4v) is 9.85. The number of ether oxygens (including phenoxy) is 1. The molecule has 8 heterocycles. The Labute approximate surface area is 359 Å². The average molecular weight is 850 g/mol. The highest BCUT2D eigenvalue weighted by Crippen LogP contribution is 2.41. The van der Waals surface area contributed by atoms with Crippen LogP contribution in [0.4, 0.5) is 36.6 Å². The Morgan fingerprint density at radius 3 is 2.48 bits per heavy atom. The van der Waals surface area contributed by atoms with Crippen molar-refractivity contribution in [3.05, 3.63) is 77.5 Å². The summed E-state index contributed by atoms with van der Waals surface area (Å²) < 4.78 is 39.3. The number of fused-ring (bicyclic) bond motifs is 2. The van der Waals surface area contributed by atoms with Crippen LogP contribution in [0.15, 0.2) is 55.1 Å². The Morgan fingerprint density at radius 2 is 1.76 bits per heavy atom. The van der Waals surface area contributed by atoms with Crippen LogP contribution in [-0.4, -0.2) is 112 Å². The van der Waals surface area contributed by atoms with Crippen LogP contribution in [0.1, 0.15) is 73.9 Å². The fraction of sp³-hybridized carbons (Fsp3) is 0.467. The molecule has 0 radical (unpaired) electrons. The number of hydrogen-bond acceptors (Lipinski definition) is 10. The van der Waals surface area contributed by atoms with Gasteiger partial charge in [0.15, 0.2) is 5.82 Å². The number of carbonyl (C=O) groups excluding carboxylic acids is 3. The number of pyridine rings is 2. The summed E-state index contributed by atoms with van der Waals surface area (Å²) in [5, 5.41) is 7.65. The molecular weight excluding hydrogens is 797 g/mol. The molecule has 0 spiro atoms. The SMILES string of the molecule is COc1cn2ccnc2cc1-c1cnc(N(C)c2nn(C3CCN(CC4CCN(c5cccc(N6CCC(=O)NC6=O)c5C)CC4)CC3)c3c2CN(C(C)=O)CC3)cc1C(F)F. The Hall–Kier alpha value is -6.10. The number of anilines is 4. The maximum Gasteiger partial charge on any atom is 0.328 e. The van der Waals surface area contributed by atoms with E-state index in [1.54, 1.807) is 52.8 Å². The molecule has 0 atom stereocenters. The first-order chi connectivity index (χ1) is 30.0. The molecule has 4 aliphatic heterocycles. The highest BCUT2D eigenvalue weighted by atomic mass is 19.3. The van der Waals surface area contributed by atoms with Gasteiger partial charge in [0.2, 0.25) is 11.8 Å². The zero-order chi connectivity index (χ0) is 43.2. The molecule has 326 valence electrons. The van der Waals surface area contributed by atoms with E-state index in [1.807, 2.05) is 17.0 Å². The van der Waals surface area contributed by atoms with Crippen LogP contribution < -0.4 is 24.8 Å². The van der Waals surface area contributed by atoms with E-state index in [-0.39, 0.29) is 35.0 Å². The molecule has 5 aromatic rings. The standard InChI is InChI=1S/C45H53F2N11O4/c1-28-36(6-5-7-37(28)57-20-13-42(60)50-45(57)61)54-17-8-30(9-18-54)25-53-15-10-31(11-16-53)58-38-12-19-55(29(2)59)26-35(38)44(51-58)52(3)40-23-33(43(46)47)34(24-49-40)32-22-41-48-14-21-56(41)27-39(32)62-4/h5-7,14,21-24,27,30-31,43H,8-13,15-20,25-26H2,1-4H3,(H,50,60,61). The highest BCUT2D eigenvalue weighted by Gasteiger charge is 2.34. The topological polar surface area (TPSA) is 137 Å². The van der Waals surface area contributed by atoms with Crippen molar-refractivity contribution < 1.29 is 27.9 Å². The number of methoxy groups -OCH3 is 1. The zero-order valence-corrected chi connectivity index (χ0v) is 35.7. The molecule has 62 heavy (non-hydrogen) atoms. The lowest BCUT2D eigenvalue weighted by molar-refractivity contribution is -0.129. The smallest absolute Gasteiger partial charge is 0.328 e. The van der Waals surface area contributed by atoms with Gasteiger partial charge in [-0.15, -0.1) is 0 Å². The van der Waals surface area contributed by atoms with Crippen molar-refractivity contribution in [1.29, 1.82) is 0 Å². The third kappa shape index (κ3) is 7.82. The van der Waals surface area contributed by atoms with Crippen LogP contribution in [-0.2, 0) is 22.6 Å². The summed E-state index contributed by atoms with van der Waals surface area (Å²) in [6.45, 7) is 9.80. The minimum atomic E-state index is -2.79. The number of halogens is 2. The molecule has 0 bridgehead atoms. The number of rotatable bonds is 10. The number of imide groups is 1. The number of amides is 4. The van der Waals surface area contributed by atoms with E-state index >= 15 is 0 Å². The lowest BCUT2D eigenvalue weighted by Gasteiger charge is -2.39. The highest BCUT2D eigenvalue weighted by molar-refractivity contribution is 6.06. The number of carbonyl (C=O) groups is 3. The largest absolute Gasteiger partial charge is 0.495 e. The summed E-state index contributed by atoms with van der Waals surface area (Å²) in [5.41, 5.74) is 6.20. The number of imidazole rings is 1. The fourth-order valence-electron chi connectivity index (χ4n) is 9.85. The second-order valence-corrected chi connectivity index (χ2v) is 17.0. The molecule has 1 aromatic carbocycles. The lowest BCUT2D eigenvalue weighted by atomic mass is 9.93. The van der Waals surface area contributed by atoms with Gasteiger partial charge in [0.1, 0.15) is 17.2 Å². The van der Waals surface area contributed by atoms with E-state index in [1.165, 1.54) is 19.4 Å². The lowest BCUT2D eigenvalue weighted by Crippen LogP contribution is -2.50. The first-order valence-electron chi connectivity index (χ1n) is 21.5. The third-order valence-corrected chi connectivity index (χ3v) is 13.3. The van der Waals surface area contributed by atoms with Crippen LogP contribution in [0.25, 0.3) is 16.8 Å². The second kappa shape index (κ2) is 17.0. The number of alkyl halides is 2. The molecule has 9 rings (SSSR count). The Bertz CT molecular complexity index is 2510. The minimum Gasteiger partial charge on any atom is -0.495 e. The van der Waals surface area contributed by atoms with E-state index in [9.17, 15) is 23.2 Å². The molecular formula is C45H53F2N11O4. The molecule has 4 aromatic heterocycles. The van der Waals surface area contributed by atoms with Crippen molar-refractivity contribution in [3.63, 3.8) is 0 Å². The normalized spacial score (nSPS) is 18.1. The molecule has 4 aliphatic rings. The summed E-state index contributed by atoms with van der Waals surface area (Å²) in [6, 6.07) is 9.02. The summed E-state index contributed by atoms with van der Waals surface area (Å²) >= 11 is 0. The Kier molecular flexibility index (Phi) is 11.3. The average Bonchev–Trinajstić information content (AvgIpc) is 3.91. The van der Waals surface area contributed by atoms with Crippen molar-refractivity contribution in [2.24, 2.45) is 5.92 Å². The second-order valence-electron chi connectivity index (χ2n) is 17.0. The van der Waals surface area contributed by atoms with Crippen LogP contribution in [0.5, 0.6) is 5.75 Å². The van der Waals surface area contributed by atoms with Crippen molar-refractivity contribution in [2.75, 3.05) is 74.7 Å². The quantitative estimate of drug-likeness (QED) is 0.166. The van der Waals surface area contributed by atoms with E-state index in [0.717, 1.165) is 86.6 Å². The number of nitrogens with zero attached hydrogens (tertiary/aromatic N) is 10. The number of hydrogen-bond donors (Lipinski definition) is 1. The van der Waals surface area contributed by atoms with Gasteiger partial charge in [-0.2, -0.15) is 5.10 Å². The van der Waals surface area contributed by atoms with Crippen molar-refractivity contribution >= 4 is 46.5 Å². The summed E-state index contributed by atoms with van der Waals surface area (Å²) in [4.78, 5) is 56.2. The van der Waals surface area contributed by atoms with Gasteiger partial charge in [-0.05, 0) is 68.4 Å². The van der Waals surface area contributed by atoms with E-state index in [0.29, 0.717) is 67.0 Å². The molecule has 1 N–H and O–H groups in total. The van der Waals surface area contributed by atoms with E-state index in [2.05, 4.69) is 37.8 Å². The summed E-state index contributed by atoms with van der Waals surface area (Å²) in [7, 11) is 3.31. The minimum absolute atomic E-state index is 0.0177. The first-order valence-corrected chi connectivity index (χ1v) is 21.5. The van der Waals surface area contributed by atoms with Gasteiger partial charge >= 0.3 is 6.03 Å². The maximum atomic E-state index is 14.9. The predicted octanol–water partition coefficient (Wildman–Crippen LogP) is 6.52. The van der Waals surface area contributed by atoms with Crippen LogP contribution >= 0.6 is 0 Å². The number of piperidine rings is 2. The van der Waals surface area contributed by atoms with Gasteiger partial charge < -0.3 is 28.7 Å². The molecule has 3 saturated heterocycles. The van der Waals surface area contributed by atoms with Crippen LogP contribution in [0.3, 0.4) is 0 Å². The monoisotopic (exact) mass is 849 g/mol. The molecule has 0 aliphatic carbocycles. The van der Waals surface area contributed by atoms with E-state index in [4.69, 9.17) is 14.8 Å². The number of aromatic nitrogens is 5. The molecule has 3 fully saturated rings. The number of likely N-dealkylation sites (tertiary alicyclic amines) is 1. The van der Waals surface area contributed by atoms with Gasteiger partial charge in [-0.3, -0.25) is 24.5 Å². The first kappa shape index (κ1) is 41.3. The third-order valence-electron chi connectivity index (χ3n) is 13.3. The van der Waals surface area contributed by atoms with Gasteiger partial charge in [0.25, 0.3) is 6.43 Å². The Morgan fingerprint density at radius 1 is 0.984 bits per heavy atom. The van der Waals surface area contributed by atoms with Crippen molar-refractivity contribution in [2.45, 2.75) is 71.4 Å². The van der Waals surface area contributed by atoms with Crippen molar-refractivity contribution in [1.82, 2.24) is 39.3 Å². The zero-order valence-electron chi connectivity index (χ0n) is 35.7. The van der Waals surface area contributed by atoms with Crippen LogP contribution in [0.2, 0.25) is 0 Å². The van der Waals surface area contributed by atoms with Crippen LogP contribution in [0, 0.1) is 12.8 Å². The van der Waals surface area contributed by atoms with Gasteiger partial charge in [0.05, 0.1) is 31.6 Å². The van der Waals surface area contributed by atoms with Gasteiger partial charge in [-0.25, -0.2) is 23.5 Å². The van der Waals surface area contributed by atoms with Crippen molar-refractivity contribution in [3.8, 4) is 16.9 Å². The predicted molar refractivity (Wildman–Crippen MR) is 231 cm³/mol. The molecule has 4 amide bonds. The Balaban J connectivity index is 0.882. The molecule has 0 saturated carbocycles. The summed E-state index contributed by atoms with van der Waals surface area (Å²) in [5.74, 6) is 1.69. The summed E-state index contributed by atoms with van der Waals surface area (Å²) in [6.07, 6.45) is 8.77. The van der Waals surface area contributed by atoms with E-state index < -0.39 is 6.43 Å².